The Morgan fingerprint density at radius 2 is 2.40 bits per heavy atom. The summed E-state index contributed by atoms with van der Waals surface area (Å²) in [5, 5.41) is 0. The van der Waals surface area contributed by atoms with Crippen molar-refractivity contribution in [2.24, 2.45) is 5.92 Å². The number of nitrogens with zero attached hydrogens (tertiary/aromatic N) is 2. The van der Waals surface area contributed by atoms with E-state index in [9.17, 15) is 9.18 Å². The molecule has 4 heteroatoms. The lowest BCUT2D eigenvalue weighted by molar-refractivity contribution is 0.0788. The summed E-state index contributed by atoms with van der Waals surface area (Å²) in [6, 6.07) is 2.71. The second-order valence-corrected chi connectivity index (χ2v) is 4.00. The Morgan fingerprint density at radius 1 is 1.67 bits per heavy atom. The molecular weight excluding hydrogens is 195 g/mol. The molecule has 0 saturated heterocycles. The number of pyridine rings is 1. The quantitative estimate of drug-likeness (QED) is 0.708. The predicted molar refractivity (Wildman–Crippen MR) is 53.9 cm³/mol. The Labute approximate surface area is 87.9 Å². The number of carbonyl (C=O) groups is 1. The van der Waals surface area contributed by atoms with Gasteiger partial charge in [0.05, 0.1) is 0 Å². The molecule has 0 bridgehead atoms. The minimum Gasteiger partial charge on any atom is -0.341 e. The van der Waals surface area contributed by atoms with Crippen LogP contribution in [0.2, 0.25) is 0 Å². The van der Waals surface area contributed by atoms with E-state index in [4.69, 9.17) is 0 Å². The summed E-state index contributed by atoms with van der Waals surface area (Å²) >= 11 is 0. The summed E-state index contributed by atoms with van der Waals surface area (Å²) in [6.07, 6.45) is 3.71. The van der Waals surface area contributed by atoms with Crippen LogP contribution in [0, 0.1) is 11.9 Å². The number of halogens is 1. The monoisotopic (exact) mass is 208 g/mol. The summed E-state index contributed by atoms with van der Waals surface area (Å²) in [5.74, 6) is -0.102. The fraction of sp³-hybridized carbons (Fsp3) is 0.455. The Balaban J connectivity index is 2.05. The smallest absolute Gasteiger partial charge is 0.253 e. The number of hydrogen-bond acceptors (Lipinski definition) is 2. The van der Waals surface area contributed by atoms with Crippen LogP contribution in [0.3, 0.4) is 0 Å². The zero-order valence-corrected chi connectivity index (χ0v) is 8.61. The van der Waals surface area contributed by atoms with Gasteiger partial charge < -0.3 is 4.90 Å². The van der Waals surface area contributed by atoms with E-state index in [2.05, 4.69) is 4.98 Å². The molecule has 1 aliphatic rings. The van der Waals surface area contributed by atoms with Gasteiger partial charge in [-0.15, -0.1) is 0 Å². The normalized spacial score (nSPS) is 15.1. The van der Waals surface area contributed by atoms with Gasteiger partial charge >= 0.3 is 0 Å². The van der Waals surface area contributed by atoms with Crippen molar-refractivity contribution in [3.8, 4) is 0 Å². The summed E-state index contributed by atoms with van der Waals surface area (Å²) in [6.45, 7) is 0.767. The molecule has 0 aliphatic heterocycles. The molecule has 1 heterocycles. The van der Waals surface area contributed by atoms with Gasteiger partial charge in [0, 0.05) is 31.4 Å². The maximum Gasteiger partial charge on any atom is 0.253 e. The van der Waals surface area contributed by atoms with E-state index in [1.807, 2.05) is 0 Å². The van der Waals surface area contributed by atoms with Crippen LogP contribution in [0.25, 0.3) is 0 Å². The zero-order chi connectivity index (χ0) is 10.8. The molecule has 1 saturated carbocycles. The second kappa shape index (κ2) is 3.96. The minimum atomic E-state index is -0.610. The number of rotatable bonds is 3. The molecule has 1 amide bonds. The van der Waals surface area contributed by atoms with Gasteiger partial charge in [-0.3, -0.25) is 4.79 Å². The standard InChI is InChI=1S/C11H13FN2O/c1-14(7-8-2-3-8)11(15)9-4-5-13-10(12)6-9/h4-6,8H,2-3,7H2,1H3. The SMILES string of the molecule is CN(CC1CC1)C(=O)c1ccnc(F)c1. The second-order valence-electron chi connectivity index (χ2n) is 4.00. The molecule has 0 atom stereocenters. The first kappa shape index (κ1) is 10.1. The highest BCUT2D eigenvalue weighted by Crippen LogP contribution is 2.29. The third kappa shape index (κ3) is 2.52. The van der Waals surface area contributed by atoms with Crippen molar-refractivity contribution in [2.75, 3.05) is 13.6 Å². The molecule has 0 unspecified atom stereocenters. The first-order chi connectivity index (χ1) is 7.16. The van der Waals surface area contributed by atoms with Crippen LogP contribution in [-0.2, 0) is 0 Å². The van der Waals surface area contributed by atoms with Crippen molar-refractivity contribution in [3.05, 3.63) is 29.8 Å². The van der Waals surface area contributed by atoms with Crippen molar-refractivity contribution in [1.82, 2.24) is 9.88 Å². The Hall–Kier alpha value is -1.45. The first-order valence-corrected chi connectivity index (χ1v) is 5.04. The topological polar surface area (TPSA) is 33.2 Å². The molecule has 1 aromatic rings. The van der Waals surface area contributed by atoms with E-state index in [1.54, 1.807) is 11.9 Å². The van der Waals surface area contributed by atoms with Gasteiger partial charge in [-0.2, -0.15) is 4.39 Å². The van der Waals surface area contributed by atoms with Gasteiger partial charge in [0.2, 0.25) is 5.95 Å². The highest BCUT2D eigenvalue weighted by Gasteiger charge is 2.25. The lowest BCUT2D eigenvalue weighted by atomic mass is 10.2. The van der Waals surface area contributed by atoms with Gasteiger partial charge in [0.15, 0.2) is 0 Å². The molecule has 0 N–H and O–H groups in total. The fourth-order valence-electron chi connectivity index (χ4n) is 1.53. The molecule has 1 fully saturated rings. The summed E-state index contributed by atoms with van der Waals surface area (Å²) in [4.78, 5) is 16.9. The van der Waals surface area contributed by atoms with E-state index in [0.717, 1.165) is 6.54 Å². The largest absolute Gasteiger partial charge is 0.341 e. The Bertz CT molecular complexity index is 377. The van der Waals surface area contributed by atoms with Crippen LogP contribution in [0.15, 0.2) is 18.3 Å². The number of aromatic nitrogens is 1. The molecule has 1 aliphatic carbocycles. The van der Waals surface area contributed by atoms with Crippen molar-refractivity contribution in [1.29, 1.82) is 0 Å². The van der Waals surface area contributed by atoms with Gasteiger partial charge in [0.1, 0.15) is 0 Å². The molecule has 15 heavy (non-hydrogen) atoms. The first-order valence-electron chi connectivity index (χ1n) is 5.04. The number of amides is 1. The van der Waals surface area contributed by atoms with Crippen LogP contribution in [-0.4, -0.2) is 29.4 Å². The van der Waals surface area contributed by atoms with Crippen molar-refractivity contribution >= 4 is 5.91 Å². The third-order valence-electron chi connectivity index (χ3n) is 2.55. The molecular formula is C11H13FN2O. The lowest BCUT2D eigenvalue weighted by Crippen LogP contribution is -2.28. The van der Waals surface area contributed by atoms with E-state index in [-0.39, 0.29) is 5.91 Å². The summed E-state index contributed by atoms with van der Waals surface area (Å²) < 4.78 is 12.8. The molecule has 0 aromatic carbocycles. The highest BCUT2D eigenvalue weighted by molar-refractivity contribution is 5.93. The molecule has 1 aromatic heterocycles. The Kier molecular flexibility index (Phi) is 2.66. The van der Waals surface area contributed by atoms with E-state index < -0.39 is 5.95 Å². The number of carbonyl (C=O) groups excluding carboxylic acids is 1. The van der Waals surface area contributed by atoms with Crippen molar-refractivity contribution in [3.63, 3.8) is 0 Å². The van der Waals surface area contributed by atoms with Gasteiger partial charge in [0.25, 0.3) is 5.91 Å². The zero-order valence-electron chi connectivity index (χ0n) is 8.61. The molecule has 0 spiro atoms. The third-order valence-corrected chi connectivity index (χ3v) is 2.55. The highest BCUT2D eigenvalue weighted by atomic mass is 19.1. The summed E-state index contributed by atoms with van der Waals surface area (Å²) in [7, 11) is 1.75. The average Bonchev–Trinajstić information content (AvgIpc) is 3.00. The van der Waals surface area contributed by atoms with E-state index >= 15 is 0 Å². The van der Waals surface area contributed by atoms with Crippen molar-refractivity contribution in [2.45, 2.75) is 12.8 Å². The van der Waals surface area contributed by atoms with Crippen molar-refractivity contribution < 1.29 is 9.18 Å². The summed E-state index contributed by atoms with van der Waals surface area (Å²) in [5.41, 5.74) is 0.366. The molecule has 3 nitrogen and oxygen atoms in total. The van der Waals surface area contributed by atoms with Gasteiger partial charge in [-0.25, -0.2) is 4.98 Å². The fourth-order valence-corrected chi connectivity index (χ4v) is 1.53. The van der Waals surface area contributed by atoms with Crippen LogP contribution in [0.5, 0.6) is 0 Å². The maximum atomic E-state index is 12.8. The molecule has 80 valence electrons. The van der Waals surface area contributed by atoms with Crippen LogP contribution >= 0.6 is 0 Å². The molecule has 2 rings (SSSR count). The van der Waals surface area contributed by atoms with Gasteiger partial charge in [-0.05, 0) is 24.8 Å². The Morgan fingerprint density at radius 3 is 3.00 bits per heavy atom. The molecule has 0 radical (unpaired) electrons. The van der Waals surface area contributed by atoms with Gasteiger partial charge in [-0.1, -0.05) is 0 Å². The lowest BCUT2D eigenvalue weighted by Gasteiger charge is -2.16. The van der Waals surface area contributed by atoms with Crippen LogP contribution in [0.1, 0.15) is 23.2 Å². The van der Waals surface area contributed by atoms with Crippen LogP contribution < -0.4 is 0 Å². The van der Waals surface area contributed by atoms with E-state index in [1.165, 1.54) is 31.2 Å². The number of hydrogen-bond donors (Lipinski definition) is 0. The average molecular weight is 208 g/mol. The minimum absolute atomic E-state index is 0.136. The van der Waals surface area contributed by atoms with Crippen LogP contribution in [0.4, 0.5) is 4.39 Å². The predicted octanol–water partition coefficient (Wildman–Crippen LogP) is 1.70. The van der Waals surface area contributed by atoms with E-state index in [0.29, 0.717) is 11.5 Å². The maximum absolute atomic E-state index is 12.8.